The van der Waals surface area contributed by atoms with Gasteiger partial charge in [0, 0.05) is 6.04 Å². The van der Waals surface area contributed by atoms with Crippen LogP contribution in [0, 0.1) is 0 Å². The molecule has 1 aliphatic rings. The van der Waals surface area contributed by atoms with E-state index in [2.05, 4.69) is 5.32 Å². The molecule has 2 atom stereocenters. The summed E-state index contributed by atoms with van der Waals surface area (Å²) in [5.41, 5.74) is 0.827. The number of hydrogen-bond acceptors (Lipinski definition) is 2. The molecule has 1 aromatic rings. The maximum absolute atomic E-state index is 12.4. The average molecular weight is 246 g/mol. The minimum absolute atomic E-state index is 0.0183. The standard InChI is InChI=1S/C14H18N2O2/c1-9(2)16-10(3)13(17)15-12(14(16)18)11-7-5-4-6-8-11/h4-10,12H,1-3H3,(H,15,17). The molecule has 1 aromatic carbocycles. The highest BCUT2D eigenvalue weighted by Gasteiger charge is 2.39. The summed E-state index contributed by atoms with van der Waals surface area (Å²) in [4.78, 5) is 26.0. The van der Waals surface area contributed by atoms with Gasteiger partial charge in [0.15, 0.2) is 0 Å². The third-order valence-electron chi connectivity index (χ3n) is 3.27. The Labute approximate surface area is 107 Å². The van der Waals surface area contributed by atoms with Crippen LogP contribution < -0.4 is 5.32 Å². The van der Waals surface area contributed by atoms with E-state index in [1.807, 2.05) is 44.2 Å². The molecule has 18 heavy (non-hydrogen) atoms. The van der Waals surface area contributed by atoms with E-state index in [0.717, 1.165) is 5.56 Å². The highest BCUT2D eigenvalue weighted by Crippen LogP contribution is 2.23. The zero-order valence-corrected chi connectivity index (χ0v) is 10.9. The van der Waals surface area contributed by atoms with Crippen LogP contribution >= 0.6 is 0 Å². The second-order valence-electron chi connectivity index (χ2n) is 4.87. The lowest BCUT2D eigenvalue weighted by Gasteiger charge is -2.40. The van der Waals surface area contributed by atoms with Crippen LogP contribution in [-0.4, -0.2) is 28.8 Å². The number of benzene rings is 1. The summed E-state index contributed by atoms with van der Waals surface area (Å²) in [6.07, 6.45) is 0. The first kappa shape index (κ1) is 12.6. The molecule has 96 valence electrons. The van der Waals surface area contributed by atoms with Crippen molar-refractivity contribution in [3.63, 3.8) is 0 Å². The molecule has 2 amide bonds. The van der Waals surface area contributed by atoms with Crippen LogP contribution in [0.5, 0.6) is 0 Å². The highest BCUT2D eigenvalue weighted by atomic mass is 16.2. The monoisotopic (exact) mass is 246 g/mol. The van der Waals surface area contributed by atoms with Crippen LogP contribution in [0.25, 0.3) is 0 Å². The third-order valence-corrected chi connectivity index (χ3v) is 3.27. The van der Waals surface area contributed by atoms with Gasteiger partial charge in [-0.1, -0.05) is 30.3 Å². The molecular formula is C14H18N2O2. The van der Waals surface area contributed by atoms with Crippen molar-refractivity contribution in [1.29, 1.82) is 0 Å². The number of rotatable bonds is 2. The molecule has 4 nitrogen and oxygen atoms in total. The molecule has 1 aliphatic heterocycles. The molecule has 1 N–H and O–H groups in total. The van der Waals surface area contributed by atoms with Gasteiger partial charge in [0.2, 0.25) is 5.91 Å². The lowest BCUT2D eigenvalue weighted by Crippen LogP contribution is -2.60. The number of hydrogen-bond donors (Lipinski definition) is 1. The third kappa shape index (κ3) is 2.10. The minimum atomic E-state index is -0.558. The number of amides is 2. The Morgan fingerprint density at radius 2 is 1.78 bits per heavy atom. The molecule has 0 aliphatic carbocycles. The van der Waals surface area contributed by atoms with Crippen molar-refractivity contribution in [3.05, 3.63) is 35.9 Å². The molecule has 4 heteroatoms. The summed E-state index contributed by atoms with van der Waals surface area (Å²) in [5.74, 6) is -0.138. The Balaban J connectivity index is 2.33. The summed E-state index contributed by atoms with van der Waals surface area (Å²) in [5, 5.41) is 2.79. The second-order valence-corrected chi connectivity index (χ2v) is 4.87. The maximum Gasteiger partial charge on any atom is 0.250 e. The van der Waals surface area contributed by atoms with Crippen molar-refractivity contribution in [2.24, 2.45) is 0 Å². The number of nitrogens with one attached hydrogen (secondary N) is 1. The molecule has 1 fully saturated rings. The quantitative estimate of drug-likeness (QED) is 0.859. The van der Waals surface area contributed by atoms with Gasteiger partial charge in [0.25, 0.3) is 5.91 Å². The van der Waals surface area contributed by atoms with Crippen LogP contribution in [0.3, 0.4) is 0 Å². The number of nitrogens with zero attached hydrogens (tertiary/aromatic N) is 1. The fourth-order valence-corrected chi connectivity index (χ4v) is 2.36. The Hall–Kier alpha value is -1.84. The largest absolute Gasteiger partial charge is 0.339 e. The number of carbonyl (C=O) groups is 2. The molecular weight excluding hydrogens is 228 g/mol. The summed E-state index contributed by atoms with van der Waals surface area (Å²) >= 11 is 0. The average Bonchev–Trinajstić information content (AvgIpc) is 2.34. The van der Waals surface area contributed by atoms with Crippen LogP contribution in [0.15, 0.2) is 30.3 Å². The van der Waals surface area contributed by atoms with Crippen molar-refractivity contribution in [3.8, 4) is 0 Å². The minimum Gasteiger partial charge on any atom is -0.339 e. The molecule has 0 radical (unpaired) electrons. The van der Waals surface area contributed by atoms with Crippen molar-refractivity contribution in [1.82, 2.24) is 10.2 Å². The Bertz CT molecular complexity index is 456. The summed E-state index contributed by atoms with van der Waals surface area (Å²) < 4.78 is 0. The molecule has 0 spiro atoms. The van der Waals surface area contributed by atoms with Gasteiger partial charge in [-0.15, -0.1) is 0 Å². The van der Waals surface area contributed by atoms with Gasteiger partial charge in [-0.3, -0.25) is 9.59 Å². The van der Waals surface area contributed by atoms with Gasteiger partial charge >= 0.3 is 0 Å². The maximum atomic E-state index is 12.4. The Morgan fingerprint density at radius 3 is 2.33 bits per heavy atom. The first-order valence-electron chi connectivity index (χ1n) is 6.20. The van der Waals surface area contributed by atoms with E-state index in [9.17, 15) is 9.59 Å². The molecule has 0 saturated carbocycles. The van der Waals surface area contributed by atoms with Crippen molar-refractivity contribution >= 4 is 11.8 Å². The highest BCUT2D eigenvalue weighted by molar-refractivity contribution is 5.97. The Kier molecular flexibility index (Phi) is 3.36. The zero-order valence-electron chi connectivity index (χ0n) is 10.9. The van der Waals surface area contributed by atoms with Crippen LogP contribution in [-0.2, 0) is 9.59 Å². The molecule has 1 saturated heterocycles. The van der Waals surface area contributed by atoms with E-state index < -0.39 is 12.1 Å². The van der Waals surface area contributed by atoms with Crippen molar-refractivity contribution in [2.45, 2.75) is 38.9 Å². The van der Waals surface area contributed by atoms with Gasteiger partial charge in [0.05, 0.1) is 0 Å². The van der Waals surface area contributed by atoms with E-state index in [0.29, 0.717) is 0 Å². The van der Waals surface area contributed by atoms with Gasteiger partial charge in [0.1, 0.15) is 12.1 Å². The fourth-order valence-electron chi connectivity index (χ4n) is 2.36. The molecule has 2 unspecified atom stereocenters. The predicted molar refractivity (Wildman–Crippen MR) is 68.8 cm³/mol. The van der Waals surface area contributed by atoms with Crippen LogP contribution in [0.1, 0.15) is 32.4 Å². The van der Waals surface area contributed by atoms with E-state index in [-0.39, 0.29) is 17.9 Å². The van der Waals surface area contributed by atoms with Crippen LogP contribution in [0.2, 0.25) is 0 Å². The van der Waals surface area contributed by atoms with Crippen molar-refractivity contribution in [2.75, 3.05) is 0 Å². The lowest BCUT2D eigenvalue weighted by molar-refractivity contribution is -0.150. The SMILES string of the molecule is CC(C)N1C(=O)C(c2ccccc2)NC(=O)C1C. The van der Waals surface area contributed by atoms with E-state index >= 15 is 0 Å². The summed E-state index contributed by atoms with van der Waals surface area (Å²) in [6.45, 7) is 5.61. The fraction of sp³-hybridized carbons (Fsp3) is 0.429. The summed E-state index contributed by atoms with van der Waals surface area (Å²) in [7, 11) is 0. The zero-order chi connectivity index (χ0) is 13.3. The summed E-state index contributed by atoms with van der Waals surface area (Å²) in [6, 6.07) is 8.40. The van der Waals surface area contributed by atoms with Gasteiger partial charge in [-0.25, -0.2) is 0 Å². The normalized spacial score (nSPS) is 24.3. The topological polar surface area (TPSA) is 49.4 Å². The molecule has 1 heterocycles. The van der Waals surface area contributed by atoms with Crippen molar-refractivity contribution < 1.29 is 9.59 Å². The smallest absolute Gasteiger partial charge is 0.250 e. The van der Waals surface area contributed by atoms with Crippen LogP contribution in [0.4, 0.5) is 0 Å². The predicted octanol–water partition coefficient (Wildman–Crippen LogP) is 1.48. The Morgan fingerprint density at radius 1 is 1.17 bits per heavy atom. The van der Waals surface area contributed by atoms with E-state index in [1.54, 1.807) is 11.8 Å². The van der Waals surface area contributed by atoms with Gasteiger partial charge in [-0.2, -0.15) is 0 Å². The molecule has 2 rings (SSSR count). The van der Waals surface area contributed by atoms with E-state index in [4.69, 9.17) is 0 Å². The number of piperazine rings is 1. The van der Waals surface area contributed by atoms with E-state index in [1.165, 1.54) is 0 Å². The van der Waals surface area contributed by atoms with Gasteiger partial charge < -0.3 is 10.2 Å². The first-order chi connectivity index (χ1) is 8.52. The molecule has 0 aromatic heterocycles. The number of carbonyl (C=O) groups excluding carboxylic acids is 2. The first-order valence-corrected chi connectivity index (χ1v) is 6.20. The lowest BCUT2D eigenvalue weighted by atomic mass is 9.99. The second kappa shape index (κ2) is 4.80. The molecule has 0 bridgehead atoms. The van der Waals surface area contributed by atoms with Gasteiger partial charge in [-0.05, 0) is 26.3 Å².